The van der Waals surface area contributed by atoms with E-state index >= 15 is 0 Å². The molecule has 0 atom stereocenters. The maximum atomic E-state index is 11.9. The van der Waals surface area contributed by atoms with Crippen molar-refractivity contribution in [3.8, 4) is 11.5 Å². The van der Waals surface area contributed by atoms with E-state index in [0.29, 0.717) is 20.8 Å². The van der Waals surface area contributed by atoms with Crippen LogP contribution in [0.4, 0.5) is 11.4 Å². The second-order valence-electron chi connectivity index (χ2n) is 5.20. The van der Waals surface area contributed by atoms with E-state index in [4.69, 9.17) is 4.74 Å². The topological polar surface area (TPSA) is 157 Å². The van der Waals surface area contributed by atoms with Crippen molar-refractivity contribution in [2.24, 2.45) is 5.10 Å². The molecule has 2 N–H and O–H groups in total. The molecule has 2 aromatic carbocycles. The number of non-ortho nitro benzene ring substituents is 1. The number of phenols is 1. The van der Waals surface area contributed by atoms with Crippen molar-refractivity contribution in [3.63, 3.8) is 0 Å². The van der Waals surface area contributed by atoms with Gasteiger partial charge in [0, 0.05) is 10.5 Å². The zero-order chi connectivity index (χ0) is 21.7. The fourth-order valence-electron chi connectivity index (χ4n) is 1.98. The van der Waals surface area contributed by atoms with Crippen LogP contribution >= 0.6 is 47.8 Å². The average molecular weight is 597 g/mol. The second-order valence-corrected chi connectivity index (χ2v) is 7.82. The summed E-state index contributed by atoms with van der Waals surface area (Å²) in [6, 6.07) is 4.93. The van der Waals surface area contributed by atoms with Crippen molar-refractivity contribution in [3.05, 3.63) is 63.5 Å². The largest absolute Gasteiger partial charge is 0.502 e. The van der Waals surface area contributed by atoms with Gasteiger partial charge in [-0.3, -0.25) is 25.0 Å². The number of nitro groups is 2. The van der Waals surface area contributed by atoms with E-state index in [9.17, 15) is 30.1 Å². The maximum absolute atomic E-state index is 11.9. The molecule has 29 heavy (non-hydrogen) atoms. The van der Waals surface area contributed by atoms with Gasteiger partial charge in [0.2, 0.25) is 5.75 Å². The van der Waals surface area contributed by atoms with Gasteiger partial charge in [0.1, 0.15) is 5.75 Å². The van der Waals surface area contributed by atoms with Crippen molar-refractivity contribution in [1.82, 2.24) is 5.43 Å². The number of hydrogen-bond donors (Lipinski definition) is 2. The number of phenolic OH excluding ortho intramolecular Hbond substituents is 1. The van der Waals surface area contributed by atoms with Crippen LogP contribution in [0.5, 0.6) is 11.5 Å². The Morgan fingerprint density at radius 1 is 1.14 bits per heavy atom. The number of halogens is 3. The number of benzene rings is 2. The molecule has 0 saturated heterocycles. The standard InChI is InChI=1S/C15H9Br3N4O7/c16-8-2-10(17)15(11(18)3-8)29-6-13(23)20-19-5-7-1-9(21(25)26)4-12(14(7)24)22(27)28/h1-5,24H,6H2,(H,20,23)/b19-5+. The smallest absolute Gasteiger partial charge is 0.318 e. The maximum Gasteiger partial charge on any atom is 0.318 e. The Morgan fingerprint density at radius 3 is 2.31 bits per heavy atom. The molecular formula is C15H9Br3N4O7. The van der Waals surface area contributed by atoms with Gasteiger partial charge in [-0.25, -0.2) is 5.43 Å². The predicted molar refractivity (Wildman–Crippen MR) is 112 cm³/mol. The Hall–Kier alpha value is -2.58. The summed E-state index contributed by atoms with van der Waals surface area (Å²) in [5.41, 5.74) is 0.301. The molecule has 0 bridgehead atoms. The molecular weight excluding hydrogens is 588 g/mol. The van der Waals surface area contributed by atoms with Gasteiger partial charge in [-0.15, -0.1) is 0 Å². The van der Waals surface area contributed by atoms with Crippen molar-refractivity contribution in [1.29, 1.82) is 0 Å². The normalized spacial score (nSPS) is 10.7. The highest BCUT2D eigenvalue weighted by atomic mass is 79.9. The number of ether oxygens (including phenoxy) is 1. The summed E-state index contributed by atoms with van der Waals surface area (Å²) in [6.07, 6.45) is 0.846. The molecule has 0 heterocycles. The third-order valence-corrected chi connectivity index (χ3v) is 4.85. The molecule has 1 amide bonds. The fraction of sp³-hybridized carbons (Fsp3) is 0.0667. The molecule has 11 nitrogen and oxygen atoms in total. The summed E-state index contributed by atoms with van der Waals surface area (Å²) in [6.45, 7) is -0.419. The molecule has 0 radical (unpaired) electrons. The monoisotopic (exact) mass is 594 g/mol. The molecule has 0 fully saturated rings. The number of carbonyl (C=O) groups is 1. The van der Waals surface area contributed by atoms with Crippen LogP contribution in [0, 0.1) is 20.2 Å². The summed E-state index contributed by atoms with van der Waals surface area (Å²) < 4.78 is 7.34. The van der Waals surface area contributed by atoms with E-state index in [0.717, 1.165) is 16.8 Å². The molecule has 0 aliphatic carbocycles. The molecule has 0 aliphatic rings. The SMILES string of the molecule is O=C(COc1c(Br)cc(Br)cc1Br)N/N=C/c1cc([N+](=O)[O-])cc([N+](=O)[O-])c1O. The van der Waals surface area contributed by atoms with Gasteiger partial charge in [0.15, 0.2) is 6.61 Å². The number of rotatable bonds is 7. The Kier molecular flexibility index (Phi) is 7.64. The lowest BCUT2D eigenvalue weighted by Gasteiger charge is -2.09. The van der Waals surface area contributed by atoms with E-state index < -0.39 is 39.5 Å². The Balaban J connectivity index is 2.09. The van der Waals surface area contributed by atoms with E-state index in [1.54, 1.807) is 12.1 Å². The van der Waals surface area contributed by atoms with Crippen molar-refractivity contribution in [2.45, 2.75) is 0 Å². The minimum absolute atomic E-state index is 0.314. The zero-order valence-corrected chi connectivity index (χ0v) is 18.7. The van der Waals surface area contributed by atoms with Crippen LogP contribution in [-0.4, -0.2) is 33.7 Å². The van der Waals surface area contributed by atoms with Crippen LogP contribution in [0.3, 0.4) is 0 Å². The van der Waals surface area contributed by atoms with Crippen LogP contribution in [0.2, 0.25) is 0 Å². The minimum Gasteiger partial charge on any atom is -0.502 e. The summed E-state index contributed by atoms with van der Waals surface area (Å²) >= 11 is 9.88. The summed E-state index contributed by atoms with van der Waals surface area (Å²) in [5.74, 6) is -1.13. The summed E-state index contributed by atoms with van der Waals surface area (Å²) in [4.78, 5) is 31.8. The van der Waals surface area contributed by atoms with Crippen LogP contribution in [0.25, 0.3) is 0 Å². The number of nitrogens with zero attached hydrogens (tertiary/aromatic N) is 3. The first-order valence-electron chi connectivity index (χ1n) is 7.35. The first-order valence-corrected chi connectivity index (χ1v) is 9.73. The van der Waals surface area contributed by atoms with Gasteiger partial charge in [-0.05, 0) is 44.0 Å². The van der Waals surface area contributed by atoms with Crippen LogP contribution in [0.1, 0.15) is 5.56 Å². The Morgan fingerprint density at radius 2 is 1.76 bits per heavy atom. The van der Waals surface area contributed by atoms with E-state index in [1.807, 2.05) is 0 Å². The number of aromatic hydroxyl groups is 1. The summed E-state index contributed by atoms with van der Waals surface area (Å²) in [7, 11) is 0. The number of hydrogen-bond acceptors (Lipinski definition) is 8. The molecule has 0 aromatic heterocycles. The number of nitrogens with one attached hydrogen (secondary N) is 1. The highest BCUT2D eigenvalue weighted by molar-refractivity contribution is 9.11. The molecule has 0 aliphatic heterocycles. The molecule has 2 rings (SSSR count). The highest BCUT2D eigenvalue weighted by Crippen LogP contribution is 2.36. The number of nitro benzene ring substituents is 2. The summed E-state index contributed by atoms with van der Waals surface area (Å²) in [5, 5.41) is 35.2. The van der Waals surface area contributed by atoms with Crippen molar-refractivity contribution in [2.75, 3.05) is 6.61 Å². The predicted octanol–water partition coefficient (Wildman–Crippen LogP) is 4.03. The van der Waals surface area contributed by atoms with Crippen LogP contribution in [0.15, 0.2) is 42.8 Å². The van der Waals surface area contributed by atoms with Crippen LogP contribution < -0.4 is 10.2 Å². The first-order chi connectivity index (χ1) is 13.6. The molecule has 2 aromatic rings. The lowest BCUT2D eigenvalue weighted by Crippen LogP contribution is -2.24. The lowest BCUT2D eigenvalue weighted by molar-refractivity contribution is -0.394. The zero-order valence-electron chi connectivity index (χ0n) is 14.0. The lowest BCUT2D eigenvalue weighted by atomic mass is 10.1. The Bertz CT molecular complexity index is 1010. The molecule has 0 saturated carbocycles. The van der Waals surface area contributed by atoms with Gasteiger partial charge in [-0.2, -0.15) is 5.10 Å². The highest BCUT2D eigenvalue weighted by Gasteiger charge is 2.23. The quantitative estimate of drug-likeness (QED) is 0.277. The van der Waals surface area contributed by atoms with Gasteiger partial charge in [-0.1, -0.05) is 15.9 Å². The van der Waals surface area contributed by atoms with Crippen molar-refractivity contribution >= 4 is 71.3 Å². The van der Waals surface area contributed by atoms with Crippen LogP contribution in [-0.2, 0) is 4.79 Å². The van der Waals surface area contributed by atoms with Gasteiger partial charge in [0.05, 0.1) is 36.6 Å². The third-order valence-electron chi connectivity index (χ3n) is 3.22. The molecule has 14 heteroatoms. The molecule has 152 valence electrons. The molecule has 0 unspecified atom stereocenters. The second kappa shape index (κ2) is 9.76. The number of hydrazone groups is 1. The van der Waals surface area contributed by atoms with E-state index in [-0.39, 0.29) is 5.56 Å². The van der Waals surface area contributed by atoms with Gasteiger partial charge < -0.3 is 9.84 Å². The molecule has 0 spiro atoms. The number of amides is 1. The van der Waals surface area contributed by atoms with Gasteiger partial charge >= 0.3 is 5.69 Å². The van der Waals surface area contributed by atoms with E-state index in [2.05, 4.69) is 58.3 Å². The van der Waals surface area contributed by atoms with Gasteiger partial charge in [0.25, 0.3) is 11.6 Å². The minimum atomic E-state index is -0.972. The third kappa shape index (κ3) is 5.95. The van der Waals surface area contributed by atoms with Crippen molar-refractivity contribution < 1.29 is 24.5 Å². The first kappa shape index (κ1) is 22.7. The average Bonchev–Trinajstić information content (AvgIpc) is 2.61. The number of carbonyl (C=O) groups excluding carboxylic acids is 1. The Labute approximate surface area is 187 Å². The fourth-order valence-corrected chi connectivity index (χ4v) is 4.47. The van der Waals surface area contributed by atoms with E-state index in [1.165, 1.54) is 0 Å².